The third kappa shape index (κ3) is 1.89. The van der Waals surface area contributed by atoms with Gasteiger partial charge in [0, 0.05) is 0 Å². The van der Waals surface area contributed by atoms with Crippen molar-refractivity contribution in [1.29, 1.82) is 0 Å². The molecular weight excluding hydrogens is 208 g/mol. The fourth-order valence-electron chi connectivity index (χ4n) is 0.572. The zero-order valence-electron chi connectivity index (χ0n) is 5.57. The molecule has 0 unspecified atom stereocenters. The van der Waals surface area contributed by atoms with E-state index in [1.165, 1.54) is 13.2 Å². The first-order valence-electron chi connectivity index (χ1n) is 2.70. The van der Waals surface area contributed by atoms with Gasteiger partial charge < -0.3 is 4.74 Å². The number of nitrogens with zero attached hydrogens (tertiary/aromatic N) is 1. The van der Waals surface area contributed by atoms with Crippen LogP contribution in [0.15, 0.2) is 6.07 Å². The zero-order valence-corrected chi connectivity index (χ0v) is 7.83. The van der Waals surface area contributed by atoms with Gasteiger partial charge in [0.1, 0.15) is 5.02 Å². The fraction of sp³-hybridized carbons (Fsp3) is 0.167. The van der Waals surface area contributed by atoms with Crippen molar-refractivity contribution in [2.24, 2.45) is 0 Å². The smallest absolute Gasteiger partial charge is 0.233 e. The first kappa shape index (κ1) is 8.91. The maximum absolute atomic E-state index is 5.67. The number of hydrogen-bond donors (Lipinski definition) is 0. The predicted octanol–water partition coefficient (Wildman–Crippen LogP) is 3.05. The summed E-state index contributed by atoms with van der Waals surface area (Å²) in [4.78, 5) is 3.77. The summed E-state index contributed by atoms with van der Waals surface area (Å²) in [7, 11) is 1.46. The molecule has 0 amide bonds. The summed E-state index contributed by atoms with van der Waals surface area (Å²) in [5.41, 5.74) is 0. The largest absolute Gasteiger partial charge is 0.480 e. The van der Waals surface area contributed by atoms with E-state index in [1.807, 2.05) is 0 Å². The first-order chi connectivity index (χ1) is 5.15. The molecule has 0 aliphatic rings. The van der Waals surface area contributed by atoms with E-state index in [9.17, 15) is 0 Å². The number of aromatic nitrogens is 1. The minimum absolute atomic E-state index is 0.188. The van der Waals surface area contributed by atoms with Crippen molar-refractivity contribution in [3.63, 3.8) is 0 Å². The number of ether oxygens (including phenoxy) is 1. The van der Waals surface area contributed by atoms with Gasteiger partial charge in [-0.3, -0.25) is 0 Å². The highest BCUT2D eigenvalue weighted by molar-refractivity contribution is 6.42. The SMILES string of the molecule is COc1nc(Cl)c(Cl)cc1Cl. The molecule has 0 aromatic carbocycles. The van der Waals surface area contributed by atoms with Crippen LogP contribution in [-0.4, -0.2) is 12.1 Å². The highest BCUT2D eigenvalue weighted by atomic mass is 35.5. The lowest BCUT2D eigenvalue weighted by Crippen LogP contribution is -1.88. The molecule has 2 nitrogen and oxygen atoms in total. The third-order valence-corrected chi connectivity index (χ3v) is 1.99. The summed E-state index contributed by atoms with van der Waals surface area (Å²) in [6.45, 7) is 0. The Morgan fingerprint density at radius 2 is 1.91 bits per heavy atom. The van der Waals surface area contributed by atoms with Crippen LogP contribution in [0.5, 0.6) is 5.88 Å². The van der Waals surface area contributed by atoms with E-state index in [1.54, 1.807) is 0 Å². The van der Waals surface area contributed by atoms with Gasteiger partial charge in [-0.1, -0.05) is 34.8 Å². The second-order valence-electron chi connectivity index (χ2n) is 1.75. The monoisotopic (exact) mass is 211 g/mol. The molecule has 0 aliphatic heterocycles. The summed E-state index contributed by atoms with van der Waals surface area (Å²) >= 11 is 16.9. The lowest BCUT2D eigenvalue weighted by Gasteiger charge is -2.02. The average molecular weight is 212 g/mol. The molecule has 0 fully saturated rings. The van der Waals surface area contributed by atoms with Gasteiger partial charge in [-0.05, 0) is 6.07 Å². The van der Waals surface area contributed by atoms with E-state index in [2.05, 4.69) is 4.98 Å². The van der Waals surface area contributed by atoms with Crippen LogP contribution in [0.2, 0.25) is 15.2 Å². The summed E-state index contributed by atoms with van der Waals surface area (Å²) in [6.07, 6.45) is 0. The molecule has 0 spiro atoms. The van der Waals surface area contributed by atoms with Gasteiger partial charge in [-0.15, -0.1) is 0 Å². The van der Waals surface area contributed by atoms with Crippen LogP contribution >= 0.6 is 34.8 Å². The van der Waals surface area contributed by atoms with E-state index >= 15 is 0 Å². The van der Waals surface area contributed by atoms with Crippen LogP contribution in [0.25, 0.3) is 0 Å². The molecular formula is C6H4Cl3NO. The minimum atomic E-state index is 0.188. The molecule has 1 aromatic rings. The number of rotatable bonds is 1. The molecule has 5 heteroatoms. The van der Waals surface area contributed by atoms with E-state index < -0.39 is 0 Å². The van der Waals surface area contributed by atoms with Gasteiger partial charge >= 0.3 is 0 Å². The quantitative estimate of drug-likeness (QED) is 0.668. The molecule has 0 bridgehead atoms. The highest BCUT2D eigenvalue weighted by Gasteiger charge is 2.06. The predicted molar refractivity (Wildman–Crippen MR) is 45.8 cm³/mol. The van der Waals surface area contributed by atoms with E-state index in [4.69, 9.17) is 39.5 Å². The Bertz CT molecular complexity index is 277. The van der Waals surface area contributed by atoms with Crippen molar-refractivity contribution in [2.45, 2.75) is 0 Å². The van der Waals surface area contributed by atoms with Crippen LogP contribution in [-0.2, 0) is 0 Å². The maximum atomic E-state index is 5.67. The minimum Gasteiger partial charge on any atom is -0.480 e. The normalized spacial score (nSPS) is 9.82. The highest BCUT2D eigenvalue weighted by Crippen LogP contribution is 2.29. The van der Waals surface area contributed by atoms with Crippen LogP contribution in [0, 0.1) is 0 Å². The van der Waals surface area contributed by atoms with E-state index in [0.29, 0.717) is 10.0 Å². The average Bonchev–Trinajstić information content (AvgIpc) is 1.97. The Morgan fingerprint density at radius 1 is 1.27 bits per heavy atom. The Hall–Kier alpha value is -0.180. The van der Waals surface area contributed by atoms with Crippen LogP contribution in [0.4, 0.5) is 0 Å². The molecule has 0 radical (unpaired) electrons. The molecule has 1 aromatic heterocycles. The van der Waals surface area contributed by atoms with Crippen LogP contribution in [0.1, 0.15) is 0 Å². The first-order valence-corrected chi connectivity index (χ1v) is 3.84. The lowest BCUT2D eigenvalue weighted by atomic mass is 10.5. The summed E-state index contributed by atoms with van der Waals surface area (Å²) in [5, 5.41) is 0.854. The number of halogens is 3. The standard InChI is InChI=1S/C6H4Cl3NO/c1-11-6-4(8)2-3(7)5(9)10-6/h2H,1H3. The van der Waals surface area contributed by atoms with E-state index in [0.717, 1.165) is 0 Å². The molecule has 0 saturated carbocycles. The zero-order chi connectivity index (χ0) is 8.43. The second kappa shape index (κ2) is 3.48. The number of pyridine rings is 1. The van der Waals surface area contributed by atoms with Crippen molar-refractivity contribution >= 4 is 34.8 Å². The van der Waals surface area contributed by atoms with Gasteiger partial charge in [0.05, 0.1) is 12.1 Å². The van der Waals surface area contributed by atoms with Gasteiger partial charge in [-0.25, -0.2) is 0 Å². The Morgan fingerprint density at radius 3 is 2.45 bits per heavy atom. The second-order valence-corrected chi connectivity index (χ2v) is 2.92. The summed E-state index contributed by atoms with van der Waals surface area (Å²) in [6, 6.07) is 1.48. The Kier molecular flexibility index (Phi) is 2.82. The van der Waals surface area contributed by atoms with Crippen LogP contribution < -0.4 is 4.74 Å². The molecule has 0 aliphatic carbocycles. The lowest BCUT2D eigenvalue weighted by molar-refractivity contribution is 0.398. The van der Waals surface area contributed by atoms with Crippen molar-refractivity contribution in [3.05, 3.63) is 21.3 Å². The van der Waals surface area contributed by atoms with Crippen molar-refractivity contribution in [1.82, 2.24) is 4.98 Å². The summed E-state index contributed by atoms with van der Waals surface area (Å²) in [5.74, 6) is 0.279. The molecule has 0 atom stereocenters. The number of hydrogen-bond acceptors (Lipinski definition) is 2. The molecule has 0 saturated heterocycles. The molecule has 1 heterocycles. The topological polar surface area (TPSA) is 22.1 Å². The van der Waals surface area contributed by atoms with Crippen molar-refractivity contribution < 1.29 is 4.74 Å². The van der Waals surface area contributed by atoms with Crippen molar-refractivity contribution in [2.75, 3.05) is 7.11 Å². The number of methoxy groups -OCH3 is 1. The van der Waals surface area contributed by atoms with Crippen molar-refractivity contribution in [3.8, 4) is 5.88 Å². The molecule has 0 N–H and O–H groups in total. The van der Waals surface area contributed by atoms with Crippen LogP contribution in [0.3, 0.4) is 0 Å². The maximum Gasteiger partial charge on any atom is 0.233 e. The molecule has 60 valence electrons. The Balaban J connectivity index is 3.21. The third-order valence-electron chi connectivity index (χ3n) is 1.05. The molecule has 11 heavy (non-hydrogen) atoms. The van der Waals surface area contributed by atoms with Gasteiger partial charge in [0.15, 0.2) is 5.15 Å². The molecule has 1 rings (SSSR count). The fourth-order valence-corrected chi connectivity index (χ4v) is 1.14. The van der Waals surface area contributed by atoms with Gasteiger partial charge in [0.2, 0.25) is 5.88 Å². The van der Waals surface area contributed by atoms with E-state index in [-0.39, 0.29) is 11.0 Å². The van der Waals surface area contributed by atoms with Gasteiger partial charge in [0.25, 0.3) is 0 Å². The van der Waals surface area contributed by atoms with Gasteiger partial charge in [-0.2, -0.15) is 4.98 Å². The Labute approximate surface area is 79.0 Å². The summed E-state index contributed by atoms with van der Waals surface area (Å²) < 4.78 is 4.79.